The average Bonchev–Trinajstić information content (AvgIpc) is 3.00. The van der Waals surface area contributed by atoms with Gasteiger partial charge in [-0.25, -0.2) is 0 Å². The van der Waals surface area contributed by atoms with E-state index in [1.807, 2.05) is 0 Å². The number of anilines is 1. The van der Waals surface area contributed by atoms with E-state index in [0.717, 1.165) is 0 Å². The molecule has 2 amide bonds. The van der Waals surface area contributed by atoms with Crippen LogP contribution in [0.3, 0.4) is 0 Å². The Morgan fingerprint density at radius 1 is 1.32 bits per heavy atom. The fourth-order valence-corrected chi connectivity index (χ4v) is 2.02. The molecule has 1 unspecified atom stereocenters. The molecule has 8 nitrogen and oxygen atoms in total. The van der Waals surface area contributed by atoms with Gasteiger partial charge in [-0.15, -0.1) is 0 Å². The first-order valence-corrected chi connectivity index (χ1v) is 6.99. The summed E-state index contributed by atoms with van der Waals surface area (Å²) < 4.78 is 2.93. The molecule has 0 aliphatic heterocycles. The van der Waals surface area contributed by atoms with Crippen molar-refractivity contribution in [2.24, 2.45) is 7.05 Å². The van der Waals surface area contributed by atoms with Crippen molar-refractivity contribution in [1.82, 2.24) is 24.9 Å². The first-order chi connectivity index (χ1) is 10.3. The smallest absolute Gasteiger partial charge is 0.273 e. The maximum Gasteiger partial charge on any atom is 0.273 e. The first-order valence-electron chi connectivity index (χ1n) is 6.61. The molecule has 0 aliphatic carbocycles. The van der Waals surface area contributed by atoms with Crippen LogP contribution in [0, 0.1) is 6.92 Å². The van der Waals surface area contributed by atoms with E-state index >= 15 is 0 Å². The zero-order valence-corrected chi connectivity index (χ0v) is 13.5. The number of aryl methyl sites for hydroxylation is 2. The summed E-state index contributed by atoms with van der Waals surface area (Å²) in [7, 11) is 3.17. The van der Waals surface area contributed by atoms with Crippen LogP contribution in [-0.2, 0) is 11.8 Å². The van der Waals surface area contributed by atoms with Crippen molar-refractivity contribution >= 4 is 29.1 Å². The minimum Gasteiger partial charge on any atom is -0.354 e. The number of nitrogens with one attached hydrogen (secondary N) is 2. The Labute approximate surface area is 132 Å². The number of carbonyl (C=O) groups is 2. The van der Waals surface area contributed by atoms with Crippen molar-refractivity contribution in [3.05, 3.63) is 28.8 Å². The van der Waals surface area contributed by atoms with Gasteiger partial charge in [-0.2, -0.15) is 10.2 Å². The third kappa shape index (κ3) is 3.11. The fraction of sp³-hybridized carbons (Fsp3) is 0.385. The van der Waals surface area contributed by atoms with Crippen LogP contribution in [0.5, 0.6) is 0 Å². The fourth-order valence-electron chi connectivity index (χ4n) is 1.88. The van der Waals surface area contributed by atoms with Crippen LogP contribution >= 0.6 is 11.6 Å². The lowest BCUT2D eigenvalue weighted by Crippen LogP contribution is -2.26. The van der Waals surface area contributed by atoms with E-state index in [9.17, 15) is 9.59 Å². The van der Waals surface area contributed by atoms with E-state index in [1.54, 1.807) is 33.3 Å². The van der Waals surface area contributed by atoms with E-state index in [4.69, 9.17) is 11.6 Å². The van der Waals surface area contributed by atoms with Gasteiger partial charge in [-0.05, 0) is 13.8 Å². The van der Waals surface area contributed by atoms with Gasteiger partial charge in [0.05, 0.1) is 16.4 Å². The molecule has 2 heterocycles. The highest BCUT2D eigenvalue weighted by molar-refractivity contribution is 6.31. The summed E-state index contributed by atoms with van der Waals surface area (Å²) in [6.45, 7) is 3.45. The Balaban J connectivity index is 2.20. The van der Waals surface area contributed by atoms with Gasteiger partial charge < -0.3 is 10.6 Å². The summed E-state index contributed by atoms with van der Waals surface area (Å²) in [6.07, 6.45) is 3.15. The van der Waals surface area contributed by atoms with Gasteiger partial charge >= 0.3 is 0 Å². The van der Waals surface area contributed by atoms with Crippen LogP contribution < -0.4 is 10.6 Å². The average molecular weight is 325 g/mol. The van der Waals surface area contributed by atoms with Gasteiger partial charge in [0, 0.05) is 26.5 Å². The molecular formula is C13H17ClN6O2. The van der Waals surface area contributed by atoms with Gasteiger partial charge in [0.2, 0.25) is 5.91 Å². The molecule has 2 aromatic heterocycles. The van der Waals surface area contributed by atoms with Crippen LogP contribution in [0.4, 0.5) is 5.69 Å². The second kappa shape index (κ2) is 6.18. The Hall–Kier alpha value is -2.35. The molecule has 0 aromatic carbocycles. The van der Waals surface area contributed by atoms with E-state index in [-0.39, 0.29) is 17.5 Å². The molecule has 0 saturated carbocycles. The molecule has 2 aromatic rings. The van der Waals surface area contributed by atoms with Gasteiger partial charge in [0.1, 0.15) is 6.04 Å². The molecule has 0 saturated heterocycles. The highest BCUT2D eigenvalue weighted by atomic mass is 35.5. The van der Waals surface area contributed by atoms with Crippen molar-refractivity contribution in [2.45, 2.75) is 19.9 Å². The largest absolute Gasteiger partial charge is 0.354 e. The predicted molar refractivity (Wildman–Crippen MR) is 81.9 cm³/mol. The van der Waals surface area contributed by atoms with E-state index in [1.165, 1.54) is 16.4 Å². The number of halogens is 1. The van der Waals surface area contributed by atoms with Crippen LogP contribution in [0.15, 0.2) is 12.4 Å². The molecule has 2 N–H and O–H groups in total. The summed E-state index contributed by atoms with van der Waals surface area (Å²) in [6, 6.07) is -0.580. The molecule has 9 heteroatoms. The van der Waals surface area contributed by atoms with Crippen LogP contribution in [0.2, 0.25) is 5.02 Å². The number of nitrogens with zero attached hydrogens (tertiary/aromatic N) is 4. The van der Waals surface area contributed by atoms with E-state index < -0.39 is 6.04 Å². The zero-order valence-electron chi connectivity index (χ0n) is 12.7. The zero-order chi connectivity index (χ0) is 16.4. The molecule has 0 fully saturated rings. The van der Waals surface area contributed by atoms with E-state index in [0.29, 0.717) is 16.4 Å². The van der Waals surface area contributed by atoms with Gasteiger partial charge in [-0.3, -0.25) is 19.0 Å². The number of aromatic nitrogens is 4. The topological polar surface area (TPSA) is 93.8 Å². The lowest BCUT2D eigenvalue weighted by molar-refractivity contribution is -0.119. The Kier molecular flexibility index (Phi) is 4.51. The monoisotopic (exact) mass is 324 g/mol. The van der Waals surface area contributed by atoms with Crippen molar-refractivity contribution in [1.29, 1.82) is 0 Å². The SMILES string of the molecule is CNC(=O)c1nn(C)cc1NC(=O)C(C)n1cc(Cl)c(C)n1. The second-order valence-corrected chi connectivity index (χ2v) is 5.26. The second-order valence-electron chi connectivity index (χ2n) is 4.85. The van der Waals surface area contributed by atoms with Crippen molar-refractivity contribution in [3.8, 4) is 0 Å². The van der Waals surface area contributed by atoms with Crippen LogP contribution in [-0.4, -0.2) is 38.4 Å². The standard InChI is InChI=1S/C13H17ClN6O2/c1-7-9(14)5-20(17-7)8(2)12(21)16-10-6-19(4)18-11(10)13(22)15-3/h5-6,8H,1-4H3,(H,15,22)(H,16,21). The summed E-state index contributed by atoms with van der Waals surface area (Å²) in [5, 5.41) is 13.9. The van der Waals surface area contributed by atoms with Gasteiger partial charge in [0.15, 0.2) is 5.69 Å². The maximum absolute atomic E-state index is 12.3. The number of rotatable bonds is 4. The number of amides is 2. The van der Waals surface area contributed by atoms with E-state index in [2.05, 4.69) is 20.8 Å². The highest BCUT2D eigenvalue weighted by Crippen LogP contribution is 2.19. The molecule has 0 aliphatic rings. The predicted octanol–water partition coefficient (Wildman–Crippen LogP) is 1.14. The Bertz CT molecular complexity index is 701. The first kappa shape index (κ1) is 16.0. The molecule has 0 radical (unpaired) electrons. The third-order valence-electron chi connectivity index (χ3n) is 3.16. The summed E-state index contributed by atoms with van der Waals surface area (Å²) in [5.41, 5.74) is 1.14. The molecular weight excluding hydrogens is 308 g/mol. The Morgan fingerprint density at radius 2 is 2.00 bits per heavy atom. The molecule has 2 rings (SSSR count). The third-order valence-corrected chi connectivity index (χ3v) is 3.53. The van der Waals surface area contributed by atoms with Gasteiger partial charge in [-0.1, -0.05) is 11.6 Å². The van der Waals surface area contributed by atoms with Crippen molar-refractivity contribution < 1.29 is 9.59 Å². The molecule has 118 valence electrons. The summed E-state index contributed by atoms with van der Waals surface area (Å²) in [4.78, 5) is 24.1. The highest BCUT2D eigenvalue weighted by Gasteiger charge is 2.21. The number of hydrogen-bond donors (Lipinski definition) is 2. The van der Waals surface area contributed by atoms with Crippen molar-refractivity contribution in [3.63, 3.8) is 0 Å². The number of hydrogen-bond acceptors (Lipinski definition) is 4. The number of carbonyl (C=O) groups excluding carboxylic acids is 2. The minimum absolute atomic E-state index is 0.153. The molecule has 0 bridgehead atoms. The van der Waals surface area contributed by atoms with Crippen LogP contribution in [0.1, 0.15) is 29.1 Å². The van der Waals surface area contributed by atoms with Gasteiger partial charge in [0.25, 0.3) is 5.91 Å². The molecule has 22 heavy (non-hydrogen) atoms. The molecule has 1 atom stereocenters. The minimum atomic E-state index is -0.580. The maximum atomic E-state index is 12.3. The normalized spacial score (nSPS) is 12.0. The quantitative estimate of drug-likeness (QED) is 0.881. The van der Waals surface area contributed by atoms with Crippen molar-refractivity contribution in [2.75, 3.05) is 12.4 Å². The summed E-state index contributed by atoms with van der Waals surface area (Å²) in [5.74, 6) is -0.696. The molecule has 0 spiro atoms. The van der Waals surface area contributed by atoms with Crippen LogP contribution in [0.25, 0.3) is 0 Å². The Morgan fingerprint density at radius 3 is 2.55 bits per heavy atom. The lowest BCUT2D eigenvalue weighted by atomic mass is 10.3. The summed E-state index contributed by atoms with van der Waals surface area (Å²) >= 11 is 5.95. The lowest BCUT2D eigenvalue weighted by Gasteiger charge is -2.12.